The number of ether oxygens (including phenoxy) is 2. The molecule has 0 radical (unpaired) electrons. The summed E-state index contributed by atoms with van der Waals surface area (Å²) in [6.07, 6.45) is -0.0976. The number of aromatic hydroxyl groups is 1. The fourth-order valence-corrected chi connectivity index (χ4v) is 4.21. The van der Waals surface area contributed by atoms with Crippen LogP contribution in [0.2, 0.25) is 0 Å². The Morgan fingerprint density at radius 2 is 1.76 bits per heavy atom. The predicted molar refractivity (Wildman–Crippen MR) is 121 cm³/mol. The molecule has 170 valence electrons. The van der Waals surface area contributed by atoms with Crippen LogP contribution in [-0.4, -0.2) is 28.8 Å². The fourth-order valence-electron chi connectivity index (χ4n) is 4.21. The number of carbonyl (C=O) groups is 2. The molecule has 8 nitrogen and oxygen atoms in total. The van der Waals surface area contributed by atoms with E-state index in [2.05, 4.69) is 0 Å². The monoisotopic (exact) mass is 458 g/mol. The van der Waals surface area contributed by atoms with Gasteiger partial charge in [-0.25, -0.2) is 4.79 Å². The first-order chi connectivity index (χ1) is 16.4. The topological polar surface area (TPSA) is 123 Å². The minimum Gasteiger partial charge on any atom is -0.507 e. The zero-order valence-electron chi connectivity index (χ0n) is 17.7. The van der Waals surface area contributed by atoms with Crippen molar-refractivity contribution in [1.82, 2.24) is 0 Å². The van der Waals surface area contributed by atoms with Gasteiger partial charge in [-0.15, -0.1) is 0 Å². The first-order valence-electron chi connectivity index (χ1n) is 10.5. The zero-order chi connectivity index (χ0) is 23.8. The lowest BCUT2D eigenvalue weighted by atomic mass is 9.84. The predicted octanol–water partition coefficient (Wildman–Crippen LogP) is 4.07. The van der Waals surface area contributed by atoms with Gasteiger partial charge in [0.2, 0.25) is 0 Å². The normalized spacial score (nSPS) is 14.9. The van der Waals surface area contributed by atoms with Crippen LogP contribution in [0.3, 0.4) is 0 Å². The van der Waals surface area contributed by atoms with Crippen molar-refractivity contribution < 1.29 is 33.7 Å². The molecular weight excluding hydrogens is 440 g/mol. The highest BCUT2D eigenvalue weighted by molar-refractivity contribution is 5.93. The average molecular weight is 458 g/mol. The summed E-state index contributed by atoms with van der Waals surface area (Å²) in [6.45, 7) is -0.565. The van der Waals surface area contributed by atoms with E-state index in [1.165, 1.54) is 12.1 Å². The summed E-state index contributed by atoms with van der Waals surface area (Å²) in [5.41, 5.74) is 1.22. The molecule has 0 saturated heterocycles. The Morgan fingerprint density at radius 1 is 1.03 bits per heavy atom. The average Bonchev–Trinajstić information content (AvgIpc) is 2.82. The van der Waals surface area contributed by atoms with Crippen LogP contribution in [0, 0.1) is 0 Å². The van der Waals surface area contributed by atoms with E-state index in [1.54, 1.807) is 48.5 Å². The number of aliphatic carboxylic acids is 1. The molecule has 2 heterocycles. The van der Waals surface area contributed by atoms with Crippen LogP contribution in [0.25, 0.3) is 22.3 Å². The molecule has 0 spiro atoms. The molecule has 0 saturated carbocycles. The third kappa shape index (κ3) is 3.75. The van der Waals surface area contributed by atoms with Gasteiger partial charge in [-0.2, -0.15) is 0 Å². The van der Waals surface area contributed by atoms with Crippen molar-refractivity contribution in [3.63, 3.8) is 0 Å². The maximum atomic E-state index is 13.0. The van der Waals surface area contributed by atoms with Gasteiger partial charge in [0.15, 0.2) is 12.0 Å². The minimum absolute atomic E-state index is 0.0367. The van der Waals surface area contributed by atoms with E-state index in [1.807, 2.05) is 6.07 Å². The number of fused-ring (bicyclic) bond motifs is 3. The summed E-state index contributed by atoms with van der Waals surface area (Å²) in [5.74, 6) is -2.11. The second-order valence-corrected chi connectivity index (χ2v) is 7.80. The highest BCUT2D eigenvalue weighted by Crippen LogP contribution is 2.47. The number of benzene rings is 3. The Hall–Kier alpha value is -4.59. The van der Waals surface area contributed by atoms with Gasteiger partial charge in [-0.3, -0.25) is 9.59 Å². The van der Waals surface area contributed by atoms with Crippen LogP contribution < -0.4 is 14.9 Å². The number of phenols is 1. The van der Waals surface area contributed by atoms with Gasteiger partial charge in [-0.05, 0) is 6.07 Å². The van der Waals surface area contributed by atoms with Crippen molar-refractivity contribution in [3.8, 4) is 28.6 Å². The molecule has 1 aliphatic rings. The summed E-state index contributed by atoms with van der Waals surface area (Å²) >= 11 is 0. The van der Waals surface area contributed by atoms with E-state index >= 15 is 0 Å². The molecule has 1 atom stereocenters. The zero-order valence-corrected chi connectivity index (χ0v) is 17.7. The Morgan fingerprint density at radius 3 is 2.53 bits per heavy atom. The standard InChI is InChI=1S/C26H18O8/c27-17-11-20(14-6-2-1-3-7-14)34-26-24-16(10-23(31)33-21(24)12-18(28)25(17)26)15-8-4-5-9-19(15)32-13-22(29)30/h1-9,11-12,16,28H,10,13H2,(H,29,30)/t16-/m1/s1. The summed E-state index contributed by atoms with van der Waals surface area (Å²) in [7, 11) is 0. The van der Waals surface area contributed by atoms with Crippen LogP contribution in [0.15, 0.2) is 75.9 Å². The van der Waals surface area contributed by atoms with Gasteiger partial charge in [0, 0.05) is 34.7 Å². The molecule has 0 unspecified atom stereocenters. The summed E-state index contributed by atoms with van der Waals surface area (Å²) in [6, 6.07) is 18.3. The molecule has 34 heavy (non-hydrogen) atoms. The van der Waals surface area contributed by atoms with E-state index in [9.17, 15) is 19.5 Å². The number of carboxylic acids is 1. The van der Waals surface area contributed by atoms with Crippen molar-refractivity contribution in [3.05, 3.63) is 88.1 Å². The third-order valence-electron chi connectivity index (χ3n) is 5.63. The second kappa shape index (κ2) is 8.40. The number of hydrogen-bond acceptors (Lipinski definition) is 7. The molecule has 0 bridgehead atoms. The first-order valence-corrected chi connectivity index (χ1v) is 10.5. The molecule has 4 aromatic rings. The van der Waals surface area contributed by atoms with E-state index < -0.39 is 29.9 Å². The lowest BCUT2D eigenvalue weighted by Crippen LogP contribution is -2.22. The van der Waals surface area contributed by atoms with Crippen LogP contribution in [-0.2, 0) is 9.59 Å². The molecular formula is C26H18O8. The molecule has 0 aliphatic carbocycles. The third-order valence-corrected chi connectivity index (χ3v) is 5.63. The molecule has 2 N–H and O–H groups in total. The quantitative estimate of drug-likeness (QED) is 0.339. The Balaban J connectivity index is 1.77. The summed E-state index contributed by atoms with van der Waals surface area (Å²) in [4.78, 5) is 36.5. The number of esters is 1. The minimum atomic E-state index is -1.15. The Labute approximate surface area is 192 Å². The van der Waals surface area contributed by atoms with Gasteiger partial charge in [0.25, 0.3) is 0 Å². The van der Waals surface area contributed by atoms with Crippen molar-refractivity contribution in [1.29, 1.82) is 0 Å². The van der Waals surface area contributed by atoms with Crippen LogP contribution in [0.5, 0.6) is 17.2 Å². The molecule has 1 aromatic heterocycles. The smallest absolute Gasteiger partial charge is 0.341 e. The number of rotatable bonds is 5. The van der Waals surface area contributed by atoms with Gasteiger partial charge < -0.3 is 24.1 Å². The number of carbonyl (C=O) groups excluding carboxylic acids is 1. The highest BCUT2D eigenvalue weighted by atomic mass is 16.5. The van der Waals surface area contributed by atoms with Crippen molar-refractivity contribution in [2.45, 2.75) is 12.3 Å². The van der Waals surface area contributed by atoms with Crippen molar-refractivity contribution in [2.75, 3.05) is 6.61 Å². The maximum Gasteiger partial charge on any atom is 0.341 e. The number of para-hydroxylation sites is 1. The van der Waals surface area contributed by atoms with Crippen LogP contribution >= 0.6 is 0 Å². The lowest BCUT2D eigenvalue weighted by Gasteiger charge is -2.27. The SMILES string of the molecule is O=C(O)COc1ccccc1[C@H]1CC(=O)Oc2cc(O)c3c(=O)cc(-c4ccccc4)oc3c21. The van der Waals surface area contributed by atoms with Gasteiger partial charge in [0.1, 0.15) is 34.0 Å². The molecule has 1 aliphatic heterocycles. The number of hydrogen-bond donors (Lipinski definition) is 2. The first kappa shape index (κ1) is 21.3. The van der Waals surface area contributed by atoms with Crippen LogP contribution in [0.1, 0.15) is 23.5 Å². The van der Waals surface area contributed by atoms with Crippen molar-refractivity contribution >= 4 is 22.9 Å². The summed E-state index contributed by atoms with van der Waals surface area (Å²) < 4.78 is 17.0. The second-order valence-electron chi connectivity index (χ2n) is 7.80. The molecule has 8 heteroatoms. The molecule has 0 amide bonds. The van der Waals surface area contributed by atoms with E-state index in [4.69, 9.17) is 19.0 Å². The Kier molecular flexibility index (Phi) is 5.25. The van der Waals surface area contributed by atoms with E-state index in [0.29, 0.717) is 16.7 Å². The van der Waals surface area contributed by atoms with E-state index in [-0.39, 0.29) is 40.4 Å². The summed E-state index contributed by atoms with van der Waals surface area (Å²) in [5, 5.41) is 19.6. The molecule has 3 aromatic carbocycles. The van der Waals surface area contributed by atoms with E-state index in [0.717, 1.165) is 0 Å². The van der Waals surface area contributed by atoms with Crippen LogP contribution in [0.4, 0.5) is 0 Å². The molecule has 0 fully saturated rings. The number of phenolic OH excluding ortho intramolecular Hbond substituents is 1. The lowest BCUT2D eigenvalue weighted by molar-refractivity contribution is -0.139. The maximum absolute atomic E-state index is 13.0. The fraction of sp³-hybridized carbons (Fsp3) is 0.115. The largest absolute Gasteiger partial charge is 0.507 e. The van der Waals surface area contributed by atoms with Gasteiger partial charge in [0.05, 0.1) is 6.42 Å². The van der Waals surface area contributed by atoms with Crippen molar-refractivity contribution in [2.24, 2.45) is 0 Å². The van der Waals surface area contributed by atoms with Gasteiger partial charge in [-0.1, -0.05) is 48.5 Å². The number of carboxylic acid groups (broad SMARTS) is 1. The highest BCUT2D eigenvalue weighted by Gasteiger charge is 2.35. The Bertz CT molecular complexity index is 1490. The van der Waals surface area contributed by atoms with Gasteiger partial charge >= 0.3 is 11.9 Å². The molecule has 5 rings (SSSR count).